The number of benzene rings is 1. The van der Waals surface area contributed by atoms with Crippen LogP contribution in [0, 0.1) is 11.5 Å². The van der Waals surface area contributed by atoms with Crippen LogP contribution in [0.3, 0.4) is 0 Å². The maximum atomic E-state index is 12.1. The quantitative estimate of drug-likeness (QED) is 0.689. The summed E-state index contributed by atoms with van der Waals surface area (Å²) < 4.78 is 0. The molecule has 1 aliphatic heterocycles. The standard InChI is InChI=1S/C17H23NO2Si/c1-21(2,3)13-7-11-17(20)12-10-16(19)18(17)14-15-8-5-4-6-9-15/h4-6,8-9,20H,10-12,14H2,1-3H3. The normalized spacial score (nSPS) is 22.1. The average molecular weight is 301 g/mol. The van der Waals surface area contributed by atoms with Gasteiger partial charge in [0.05, 0.1) is 6.42 Å². The second kappa shape index (κ2) is 6.04. The van der Waals surface area contributed by atoms with Gasteiger partial charge in [0.25, 0.3) is 0 Å². The molecule has 0 bridgehead atoms. The smallest absolute Gasteiger partial charge is 0.225 e. The third kappa shape index (κ3) is 4.20. The van der Waals surface area contributed by atoms with Gasteiger partial charge in [0.1, 0.15) is 8.07 Å². The van der Waals surface area contributed by atoms with E-state index in [2.05, 4.69) is 31.1 Å². The fourth-order valence-corrected chi connectivity index (χ4v) is 3.06. The van der Waals surface area contributed by atoms with Crippen LogP contribution in [0.15, 0.2) is 30.3 Å². The van der Waals surface area contributed by atoms with E-state index in [0.29, 0.717) is 25.8 Å². The molecule has 0 saturated carbocycles. The molecule has 0 spiro atoms. The summed E-state index contributed by atoms with van der Waals surface area (Å²) in [6.07, 6.45) is 1.22. The molecule has 1 fully saturated rings. The summed E-state index contributed by atoms with van der Waals surface area (Å²) >= 11 is 0. The van der Waals surface area contributed by atoms with Crippen LogP contribution < -0.4 is 0 Å². The first kappa shape index (κ1) is 15.8. The van der Waals surface area contributed by atoms with Crippen molar-refractivity contribution in [3.05, 3.63) is 35.9 Å². The van der Waals surface area contributed by atoms with Gasteiger partial charge in [-0.1, -0.05) is 50.0 Å². The van der Waals surface area contributed by atoms with Crippen LogP contribution >= 0.6 is 0 Å². The van der Waals surface area contributed by atoms with Crippen LogP contribution in [-0.4, -0.2) is 29.7 Å². The summed E-state index contributed by atoms with van der Waals surface area (Å²) in [6.45, 7) is 6.97. The largest absolute Gasteiger partial charge is 0.370 e. The minimum atomic E-state index is -1.45. The molecule has 0 radical (unpaired) electrons. The van der Waals surface area contributed by atoms with Crippen molar-refractivity contribution in [2.24, 2.45) is 0 Å². The van der Waals surface area contributed by atoms with Crippen molar-refractivity contribution in [2.75, 3.05) is 0 Å². The predicted molar refractivity (Wildman–Crippen MR) is 86.9 cm³/mol. The molecule has 1 aromatic carbocycles. The number of nitrogens with zero attached hydrogens (tertiary/aromatic N) is 1. The van der Waals surface area contributed by atoms with E-state index < -0.39 is 13.8 Å². The van der Waals surface area contributed by atoms with E-state index in [1.807, 2.05) is 30.3 Å². The fourth-order valence-electron chi connectivity index (χ4n) is 2.45. The first-order valence-corrected chi connectivity index (χ1v) is 10.9. The lowest BCUT2D eigenvalue weighted by Crippen LogP contribution is -2.45. The van der Waals surface area contributed by atoms with E-state index in [0.717, 1.165) is 5.56 Å². The Morgan fingerprint density at radius 3 is 2.57 bits per heavy atom. The number of hydrogen-bond donors (Lipinski definition) is 1. The third-order valence-corrected chi connectivity index (χ3v) is 4.49. The number of aliphatic hydroxyl groups is 1. The van der Waals surface area contributed by atoms with Crippen molar-refractivity contribution in [1.29, 1.82) is 0 Å². The Labute approximate surface area is 128 Å². The molecule has 1 atom stereocenters. The van der Waals surface area contributed by atoms with Gasteiger partial charge in [-0.2, -0.15) is 0 Å². The maximum absolute atomic E-state index is 12.1. The van der Waals surface area contributed by atoms with E-state index >= 15 is 0 Å². The lowest BCUT2D eigenvalue weighted by Gasteiger charge is -2.32. The number of carbonyl (C=O) groups is 1. The monoisotopic (exact) mass is 301 g/mol. The molecular formula is C17H23NO2Si. The van der Waals surface area contributed by atoms with Gasteiger partial charge in [-0.25, -0.2) is 0 Å². The molecule has 1 unspecified atom stereocenters. The lowest BCUT2D eigenvalue weighted by molar-refractivity contribution is -0.145. The van der Waals surface area contributed by atoms with E-state index in [1.54, 1.807) is 4.90 Å². The Morgan fingerprint density at radius 2 is 1.95 bits per heavy atom. The second-order valence-corrected chi connectivity index (χ2v) is 11.4. The molecule has 3 nitrogen and oxygen atoms in total. The first-order valence-electron chi connectivity index (χ1n) is 7.37. The van der Waals surface area contributed by atoms with Gasteiger partial charge in [-0.3, -0.25) is 4.79 Å². The molecular weight excluding hydrogens is 278 g/mol. The topological polar surface area (TPSA) is 40.5 Å². The number of amides is 1. The molecule has 1 aliphatic rings. The van der Waals surface area contributed by atoms with E-state index in [9.17, 15) is 9.90 Å². The van der Waals surface area contributed by atoms with Gasteiger partial charge in [-0.05, 0) is 5.56 Å². The average Bonchev–Trinajstić information content (AvgIpc) is 2.67. The van der Waals surface area contributed by atoms with Gasteiger partial charge in [0.15, 0.2) is 5.72 Å². The molecule has 2 rings (SSSR count). The van der Waals surface area contributed by atoms with Crippen molar-refractivity contribution in [3.8, 4) is 11.5 Å². The summed E-state index contributed by atoms with van der Waals surface area (Å²) in [5.41, 5.74) is 3.18. The second-order valence-electron chi connectivity index (χ2n) is 6.68. The Balaban J connectivity index is 2.13. The molecule has 0 aliphatic carbocycles. The minimum Gasteiger partial charge on any atom is -0.370 e. The van der Waals surface area contributed by atoms with Gasteiger partial charge in [0.2, 0.25) is 5.91 Å². The highest BCUT2D eigenvalue weighted by Gasteiger charge is 2.43. The summed E-state index contributed by atoms with van der Waals surface area (Å²) in [5, 5.41) is 10.8. The first-order chi connectivity index (χ1) is 9.80. The predicted octanol–water partition coefficient (Wildman–Crippen LogP) is 2.77. The van der Waals surface area contributed by atoms with Gasteiger partial charge >= 0.3 is 0 Å². The summed E-state index contributed by atoms with van der Waals surface area (Å²) in [6, 6.07) is 9.78. The molecule has 21 heavy (non-hydrogen) atoms. The minimum absolute atomic E-state index is 0.0103. The Bertz CT molecular complexity index is 568. The zero-order valence-electron chi connectivity index (χ0n) is 13.0. The third-order valence-electron chi connectivity index (χ3n) is 3.56. The number of carbonyl (C=O) groups excluding carboxylic acids is 1. The Kier molecular flexibility index (Phi) is 4.55. The summed E-state index contributed by atoms with van der Waals surface area (Å²) in [7, 11) is -1.45. The molecule has 1 saturated heterocycles. The fraction of sp³-hybridized carbons (Fsp3) is 0.471. The van der Waals surface area contributed by atoms with Crippen molar-refractivity contribution in [1.82, 2.24) is 4.90 Å². The van der Waals surface area contributed by atoms with Gasteiger partial charge < -0.3 is 10.0 Å². The zero-order valence-corrected chi connectivity index (χ0v) is 14.0. The maximum Gasteiger partial charge on any atom is 0.225 e. The summed E-state index contributed by atoms with van der Waals surface area (Å²) in [5.74, 6) is 3.12. The zero-order chi connectivity index (χ0) is 15.5. The number of likely N-dealkylation sites (tertiary alicyclic amines) is 1. The number of hydrogen-bond acceptors (Lipinski definition) is 2. The van der Waals surface area contributed by atoms with Crippen LogP contribution in [0.2, 0.25) is 19.6 Å². The van der Waals surface area contributed by atoms with Gasteiger partial charge in [0, 0.05) is 19.4 Å². The lowest BCUT2D eigenvalue weighted by atomic mass is 10.1. The molecule has 4 heteroatoms. The highest BCUT2D eigenvalue weighted by molar-refractivity contribution is 6.83. The van der Waals surface area contributed by atoms with Crippen LogP contribution in [0.4, 0.5) is 0 Å². The van der Waals surface area contributed by atoms with Crippen LogP contribution in [0.1, 0.15) is 24.8 Å². The molecule has 1 heterocycles. The molecule has 112 valence electrons. The molecule has 1 amide bonds. The van der Waals surface area contributed by atoms with Gasteiger partial charge in [-0.15, -0.1) is 11.5 Å². The van der Waals surface area contributed by atoms with E-state index in [1.165, 1.54) is 0 Å². The summed E-state index contributed by atoms with van der Waals surface area (Å²) in [4.78, 5) is 13.7. The molecule has 0 aromatic heterocycles. The SMILES string of the molecule is C[Si](C)(C)C#CCC1(O)CCC(=O)N1Cc1ccccc1. The van der Waals surface area contributed by atoms with Crippen LogP contribution in [0.5, 0.6) is 0 Å². The van der Waals surface area contributed by atoms with Crippen molar-refractivity contribution >= 4 is 14.0 Å². The molecule has 1 aromatic rings. The molecule has 1 N–H and O–H groups in total. The van der Waals surface area contributed by atoms with Crippen LogP contribution in [0.25, 0.3) is 0 Å². The highest BCUT2D eigenvalue weighted by atomic mass is 28.3. The Morgan fingerprint density at radius 1 is 1.29 bits per heavy atom. The highest BCUT2D eigenvalue weighted by Crippen LogP contribution is 2.32. The van der Waals surface area contributed by atoms with Crippen LogP contribution in [-0.2, 0) is 11.3 Å². The van der Waals surface area contributed by atoms with Crippen molar-refractivity contribution in [2.45, 2.75) is 51.2 Å². The van der Waals surface area contributed by atoms with E-state index in [-0.39, 0.29) is 5.91 Å². The van der Waals surface area contributed by atoms with Crippen molar-refractivity contribution < 1.29 is 9.90 Å². The Hall–Kier alpha value is -1.57. The van der Waals surface area contributed by atoms with E-state index in [4.69, 9.17) is 0 Å². The van der Waals surface area contributed by atoms with Crippen molar-refractivity contribution in [3.63, 3.8) is 0 Å². The number of rotatable bonds is 3.